The molecule has 2 aliphatic rings. The van der Waals surface area contributed by atoms with Crippen LogP contribution in [0.2, 0.25) is 0 Å². The quantitative estimate of drug-likeness (QED) is 0.452. The van der Waals surface area contributed by atoms with E-state index in [1.807, 2.05) is 30.3 Å². The van der Waals surface area contributed by atoms with Gasteiger partial charge in [-0.05, 0) is 19.1 Å². The molecule has 0 aromatic heterocycles. The molecule has 2 atom stereocenters. The Hall–Kier alpha value is -2.28. The second-order valence-corrected chi connectivity index (χ2v) is 6.41. The number of carbonyl (C=O) groups is 2. The minimum Gasteiger partial charge on any atom is -0.487 e. The third-order valence-electron chi connectivity index (χ3n) is 3.35. The van der Waals surface area contributed by atoms with Crippen LogP contribution in [0.1, 0.15) is 6.92 Å². The maximum atomic E-state index is 12.0. The number of esters is 1. The van der Waals surface area contributed by atoms with Gasteiger partial charge in [0.2, 0.25) is 0 Å². The van der Waals surface area contributed by atoms with Crippen LogP contribution in [0.15, 0.2) is 47.7 Å². The number of allylic oxidation sites excluding steroid dienone is 1. The number of aliphatic imine (C=N–C) groups is 1. The lowest BCUT2D eigenvalue weighted by molar-refractivity contribution is -0.153. The van der Waals surface area contributed by atoms with Gasteiger partial charge in [-0.15, -0.1) is 0 Å². The number of carbonyl (C=O) groups excluding carboxylic acids is 2. The number of ether oxygens (including phenoxy) is 2. The van der Waals surface area contributed by atoms with Gasteiger partial charge in [0.05, 0.1) is 5.76 Å². The normalized spacial score (nSPS) is 22.0. The van der Waals surface area contributed by atoms with Gasteiger partial charge in [0.1, 0.15) is 29.3 Å². The summed E-state index contributed by atoms with van der Waals surface area (Å²) in [5.41, 5.74) is 0. The van der Waals surface area contributed by atoms with Gasteiger partial charge in [0, 0.05) is 0 Å². The van der Waals surface area contributed by atoms with Crippen LogP contribution in [0.4, 0.5) is 0 Å². The molecule has 0 radical (unpaired) electrons. The molecule has 1 fully saturated rings. The molecule has 7 heteroatoms. The Kier molecular flexibility index (Phi) is 4.38. The molecule has 0 aliphatic carbocycles. The van der Waals surface area contributed by atoms with E-state index in [1.54, 1.807) is 6.92 Å². The molecule has 3 rings (SSSR count). The molecule has 1 saturated heterocycles. The summed E-state index contributed by atoms with van der Waals surface area (Å²) in [6.45, 7) is 5.33. The molecule has 0 N–H and O–H groups in total. The van der Waals surface area contributed by atoms with Gasteiger partial charge >= 0.3 is 5.97 Å². The first-order valence-corrected chi connectivity index (χ1v) is 8.00. The van der Waals surface area contributed by atoms with Crippen molar-refractivity contribution in [2.45, 2.75) is 18.3 Å². The molecule has 6 nitrogen and oxygen atoms in total. The molecule has 1 aromatic carbocycles. The third kappa shape index (κ3) is 3.39. The summed E-state index contributed by atoms with van der Waals surface area (Å²) in [7, 11) is 0. The number of para-hydroxylation sites is 1. The first kappa shape index (κ1) is 15.6. The molecule has 23 heavy (non-hydrogen) atoms. The standard InChI is InChI=1S/C16H16N2O4S/c1-10(2)22-13(19)8-18-15(20)14-16(18)23-12(17-14)9-21-11-6-4-3-5-7-11/h3-7,14,16H,1,8-9H2,2H3. The lowest BCUT2D eigenvalue weighted by Crippen LogP contribution is -2.62. The van der Waals surface area contributed by atoms with Crippen molar-refractivity contribution >= 4 is 28.7 Å². The van der Waals surface area contributed by atoms with Gasteiger partial charge in [-0.25, -0.2) is 4.79 Å². The zero-order valence-electron chi connectivity index (χ0n) is 12.6. The van der Waals surface area contributed by atoms with Crippen LogP contribution < -0.4 is 4.74 Å². The first-order valence-electron chi connectivity index (χ1n) is 7.12. The van der Waals surface area contributed by atoms with Crippen molar-refractivity contribution in [2.75, 3.05) is 13.2 Å². The number of thioether (sulfide) groups is 1. The van der Waals surface area contributed by atoms with E-state index in [4.69, 9.17) is 9.47 Å². The van der Waals surface area contributed by atoms with Crippen LogP contribution in [0.25, 0.3) is 0 Å². The summed E-state index contributed by atoms with van der Waals surface area (Å²) in [5.74, 6) is 0.421. The number of likely N-dealkylation sites (tertiary alicyclic amines) is 1. The summed E-state index contributed by atoms with van der Waals surface area (Å²) in [6, 6.07) is 9.00. The van der Waals surface area contributed by atoms with Gasteiger partial charge in [-0.2, -0.15) is 0 Å². The van der Waals surface area contributed by atoms with Crippen LogP contribution >= 0.6 is 11.8 Å². The number of hydrogen-bond acceptors (Lipinski definition) is 6. The molecule has 2 unspecified atom stereocenters. The van der Waals surface area contributed by atoms with Crippen molar-refractivity contribution in [3.8, 4) is 5.75 Å². The molecular formula is C16H16N2O4S. The highest BCUT2D eigenvalue weighted by Crippen LogP contribution is 2.38. The second kappa shape index (κ2) is 6.45. The maximum Gasteiger partial charge on any atom is 0.330 e. The number of fused-ring (bicyclic) bond motifs is 1. The Morgan fingerprint density at radius 2 is 2.13 bits per heavy atom. The van der Waals surface area contributed by atoms with Crippen LogP contribution in [0, 0.1) is 0 Å². The Morgan fingerprint density at radius 1 is 1.39 bits per heavy atom. The number of benzene rings is 1. The third-order valence-corrected chi connectivity index (χ3v) is 4.60. The van der Waals surface area contributed by atoms with E-state index in [0.29, 0.717) is 12.4 Å². The monoisotopic (exact) mass is 332 g/mol. The van der Waals surface area contributed by atoms with Gasteiger partial charge in [-0.1, -0.05) is 36.5 Å². The minimum atomic E-state index is -0.487. The predicted octanol–water partition coefficient (Wildman–Crippen LogP) is 1.82. The van der Waals surface area contributed by atoms with Crippen molar-refractivity contribution < 1.29 is 19.1 Å². The summed E-state index contributed by atoms with van der Waals surface area (Å²) >= 11 is 1.45. The molecule has 2 heterocycles. The van der Waals surface area contributed by atoms with E-state index in [-0.39, 0.29) is 17.8 Å². The van der Waals surface area contributed by atoms with Crippen molar-refractivity contribution in [3.05, 3.63) is 42.7 Å². The van der Waals surface area contributed by atoms with E-state index in [1.165, 1.54) is 16.7 Å². The number of rotatable bonds is 6. The van der Waals surface area contributed by atoms with E-state index in [2.05, 4.69) is 11.6 Å². The molecule has 1 aromatic rings. The fourth-order valence-corrected chi connectivity index (χ4v) is 3.54. The van der Waals surface area contributed by atoms with E-state index < -0.39 is 12.0 Å². The zero-order valence-corrected chi connectivity index (χ0v) is 13.4. The van der Waals surface area contributed by atoms with Crippen LogP contribution in [0.5, 0.6) is 5.75 Å². The largest absolute Gasteiger partial charge is 0.487 e. The average molecular weight is 332 g/mol. The fraction of sp³-hybridized carbons (Fsp3) is 0.312. The highest BCUT2D eigenvalue weighted by atomic mass is 32.2. The fourth-order valence-electron chi connectivity index (χ4n) is 2.34. The van der Waals surface area contributed by atoms with Gasteiger partial charge in [0.25, 0.3) is 5.91 Å². The van der Waals surface area contributed by atoms with Gasteiger partial charge in [-0.3, -0.25) is 9.79 Å². The highest BCUT2D eigenvalue weighted by Gasteiger charge is 2.52. The molecule has 0 spiro atoms. The zero-order chi connectivity index (χ0) is 16.4. The molecular weight excluding hydrogens is 316 g/mol. The minimum absolute atomic E-state index is 0.0811. The number of amides is 1. The van der Waals surface area contributed by atoms with Crippen LogP contribution in [-0.4, -0.2) is 46.4 Å². The maximum absolute atomic E-state index is 12.0. The molecule has 120 valence electrons. The average Bonchev–Trinajstić information content (AvgIpc) is 2.91. The van der Waals surface area contributed by atoms with E-state index in [9.17, 15) is 9.59 Å². The van der Waals surface area contributed by atoms with Crippen LogP contribution in [-0.2, 0) is 14.3 Å². The van der Waals surface area contributed by atoms with Crippen molar-refractivity contribution in [3.63, 3.8) is 0 Å². The SMILES string of the molecule is C=C(C)OC(=O)CN1C(=O)C2N=C(COc3ccccc3)SC21. The van der Waals surface area contributed by atoms with Crippen molar-refractivity contribution in [1.82, 2.24) is 4.90 Å². The number of hydrogen-bond donors (Lipinski definition) is 0. The number of β-lactam (4-membered cyclic amide) rings is 1. The highest BCUT2D eigenvalue weighted by molar-refractivity contribution is 8.15. The summed E-state index contributed by atoms with van der Waals surface area (Å²) in [4.78, 5) is 29.5. The number of nitrogens with zero attached hydrogens (tertiary/aromatic N) is 2. The Labute approximate surface area is 138 Å². The molecule has 0 saturated carbocycles. The molecule has 0 bridgehead atoms. The van der Waals surface area contributed by atoms with E-state index >= 15 is 0 Å². The first-order chi connectivity index (χ1) is 11.0. The topological polar surface area (TPSA) is 68.2 Å². The van der Waals surface area contributed by atoms with E-state index in [0.717, 1.165) is 10.8 Å². The predicted molar refractivity (Wildman–Crippen MR) is 87.2 cm³/mol. The van der Waals surface area contributed by atoms with Crippen molar-refractivity contribution in [2.24, 2.45) is 4.99 Å². The second-order valence-electron chi connectivity index (χ2n) is 5.22. The Morgan fingerprint density at radius 3 is 2.83 bits per heavy atom. The molecule has 2 aliphatic heterocycles. The lowest BCUT2D eigenvalue weighted by Gasteiger charge is -2.40. The van der Waals surface area contributed by atoms with Gasteiger partial charge < -0.3 is 14.4 Å². The summed E-state index contributed by atoms with van der Waals surface area (Å²) in [6.07, 6.45) is 0. The Balaban J connectivity index is 1.52. The lowest BCUT2D eigenvalue weighted by atomic mass is 10.1. The van der Waals surface area contributed by atoms with Gasteiger partial charge in [0.15, 0.2) is 6.04 Å². The molecule has 1 amide bonds. The van der Waals surface area contributed by atoms with Crippen LogP contribution in [0.3, 0.4) is 0 Å². The van der Waals surface area contributed by atoms with Crippen molar-refractivity contribution in [1.29, 1.82) is 0 Å². The summed E-state index contributed by atoms with van der Waals surface area (Å²) in [5, 5.41) is 0.613. The smallest absolute Gasteiger partial charge is 0.330 e. The summed E-state index contributed by atoms with van der Waals surface area (Å²) < 4.78 is 10.5. The Bertz CT molecular complexity index is 674.